The Balaban J connectivity index is 0.00000200. The van der Waals surface area contributed by atoms with E-state index in [2.05, 4.69) is 22.3 Å². The summed E-state index contributed by atoms with van der Waals surface area (Å²) in [5, 5.41) is 13.2. The van der Waals surface area contributed by atoms with Gasteiger partial charge in [-0.2, -0.15) is 0 Å². The van der Waals surface area contributed by atoms with E-state index in [0.717, 1.165) is 57.9 Å². The Bertz CT molecular complexity index is 309. The van der Waals surface area contributed by atoms with Crippen LogP contribution in [0, 0.1) is 11.8 Å². The molecule has 1 aliphatic carbocycles. The normalized spacial score (nSPS) is 30.1. The minimum Gasteiger partial charge on any atom is -0.393 e. The summed E-state index contributed by atoms with van der Waals surface area (Å²) in [4.78, 5) is 6.49. The Morgan fingerprint density at radius 3 is 2.75 bits per heavy atom. The number of ether oxygens (including phenoxy) is 1. The molecule has 6 heteroatoms. The van der Waals surface area contributed by atoms with Crippen molar-refractivity contribution in [1.82, 2.24) is 10.2 Å². The van der Waals surface area contributed by atoms with Crippen molar-refractivity contribution in [3.63, 3.8) is 0 Å². The smallest absolute Gasteiger partial charge is 0.193 e. The van der Waals surface area contributed by atoms with Gasteiger partial charge in [0.2, 0.25) is 0 Å². The van der Waals surface area contributed by atoms with E-state index in [4.69, 9.17) is 4.74 Å². The Kier molecular flexibility index (Phi) is 8.13. The van der Waals surface area contributed by atoms with E-state index in [1.807, 2.05) is 7.05 Å². The zero-order valence-electron chi connectivity index (χ0n) is 12.5. The lowest BCUT2D eigenvalue weighted by molar-refractivity contribution is 0.133. The van der Waals surface area contributed by atoms with E-state index in [9.17, 15) is 5.11 Å². The lowest BCUT2D eigenvalue weighted by Crippen LogP contribution is -2.44. The molecule has 0 amide bonds. The van der Waals surface area contributed by atoms with Crippen molar-refractivity contribution in [2.45, 2.75) is 31.8 Å². The second-order valence-corrected chi connectivity index (χ2v) is 5.80. The highest BCUT2D eigenvalue weighted by Crippen LogP contribution is 2.24. The van der Waals surface area contributed by atoms with Crippen molar-refractivity contribution in [2.24, 2.45) is 16.8 Å². The molecule has 0 aromatic rings. The molecule has 0 spiro atoms. The first-order chi connectivity index (χ1) is 9.20. The average molecular weight is 397 g/mol. The summed E-state index contributed by atoms with van der Waals surface area (Å²) in [6, 6.07) is 0. The Morgan fingerprint density at radius 2 is 2.20 bits per heavy atom. The lowest BCUT2D eigenvalue weighted by atomic mass is 10.1. The fourth-order valence-corrected chi connectivity index (χ4v) is 3.06. The summed E-state index contributed by atoms with van der Waals surface area (Å²) < 4.78 is 5.41. The molecule has 2 rings (SSSR count). The lowest BCUT2D eigenvalue weighted by Gasteiger charge is -2.26. The summed E-state index contributed by atoms with van der Waals surface area (Å²) in [7, 11) is 3.88. The molecule has 5 nitrogen and oxygen atoms in total. The van der Waals surface area contributed by atoms with Gasteiger partial charge in [0.15, 0.2) is 5.96 Å². The maximum Gasteiger partial charge on any atom is 0.193 e. The van der Waals surface area contributed by atoms with E-state index in [1.165, 1.54) is 0 Å². The van der Waals surface area contributed by atoms with Gasteiger partial charge in [0.25, 0.3) is 0 Å². The van der Waals surface area contributed by atoms with E-state index < -0.39 is 0 Å². The quantitative estimate of drug-likeness (QED) is 0.427. The first-order valence-electron chi connectivity index (χ1n) is 7.38. The van der Waals surface area contributed by atoms with Gasteiger partial charge >= 0.3 is 0 Å². The van der Waals surface area contributed by atoms with Gasteiger partial charge in [-0.25, -0.2) is 0 Å². The monoisotopic (exact) mass is 397 g/mol. The molecule has 0 aromatic heterocycles. The summed E-state index contributed by atoms with van der Waals surface area (Å²) in [6.07, 6.45) is 4.20. The van der Waals surface area contributed by atoms with Crippen LogP contribution in [0.5, 0.6) is 0 Å². The van der Waals surface area contributed by atoms with Crippen molar-refractivity contribution in [3.05, 3.63) is 0 Å². The number of aliphatic imine (C=N–C) groups is 1. The van der Waals surface area contributed by atoms with Crippen LogP contribution >= 0.6 is 24.0 Å². The number of halogens is 1. The first kappa shape index (κ1) is 18.0. The van der Waals surface area contributed by atoms with Crippen LogP contribution in [0.1, 0.15) is 25.7 Å². The molecule has 1 saturated carbocycles. The number of guanidine groups is 1. The molecule has 0 bridgehead atoms. The summed E-state index contributed by atoms with van der Waals surface area (Å²) in [6.45, 7) is 3.55. The van der Waals surface area contributed by atoms with Crippen molar-refractivity contribution in [1.29, 1.82) is 0 Å². The number of aliphatic hydroxyl groups is 1. The molecular formula is C14H28IN3O2. The second-order valence-electron chi connectivity index (χ2n) is 5.80. The molecule has 1 saturated heterocycles. The zero-order valence-corrected chi connectivity index (χ0v) is 14.9. The number of nitrogens with one attached hydrogen (secondary N) is 1. The standard InChI is InChI=1S/C14H27N3O2.HI/c1-15-14(16-8-12-4-3-5-13(12)18)17(2)9-11-6-7-19-10-11;/h11-13,18H,3-10H2,1-2H3,(H,15,16);1H. The third-order valence-electron chi connectivity index (χ3n) is 4.27. The highest BCUT2D eigenvalue weighted by atomic mass is 127. The van der Waals surface area contributed by atoms with Crippen LogP contribution in [0.25, 0.3) is 0 Å². The fourth-order valence-electron chi connectivity index (χ4n) is 3.06. The van der Waals surface area contributed by atoms with Crippen molar-refractivity contribution in [3.8, 4) is 0 Å². The molecule has 3 unspecified atom stereocenters. The highest BCUT2D eigenvalue weighted by molar-refractivity contribution is 14.0. The number of hydrogen-bond donors (Lipinski definition) is 2. The van der Waals surface area contributed by atoms with Gasteiger partial charge in [0, 0.05) is 45.6 Å². The van der Waals surface area contributed by atoms with E-state index >= 15 is 0 Å². The largest absolute Gasteiger partial charge is 0.393 e. The predicted octanol–water partition coefficient (Wildman–Crippen LogP) is 1.31. The number of rotatable bonds is 4. The average Bonchev–Trinajstić information content (AvgIpc) is 3.02. The van der Waals surface area contributed by atoms with Crippen LogP contribution in [0.3, 0.4) is 0 Å². The maximum absolute atomic E-state index is 9.83. The SMILES string of the molecule is CN=C(NCC1CCCC1O)N(C)CC1CCOC1.I. The van der Waals surface area contributed by atoms with Crippen molar-refractivity contribution >= 4 is 29.9 Å². The van der Waals surface area contributed by atoms with Crippen LogP contribution in [0.2, 0.25) is 0 Å². The van der Waals surface area contributed by atoms with Crippen LogP contribution in [-0.4, -0.2) is 62.5 Å². The van der Waals surface area contributed by atoms with Crippen molar-refractivity contribution < 1.29 is 9.84 Å². The van der Waals surface area contributed by atoms with E-state index in [1.54, 1.807) is 0 Å². The third kappa shape index (κ3) is 5.04. The van der Waals surface area contributed by atoms with Crippen LogP contribution in [-0.2, 0) is 4.74 Å². The van der Waals surface area contributed by atoms with Crippen LogP contribution < -0.4 is 5.32 Å². The summed E-state index contributed by atoms with van der Waals surface area (Å²) in [5.74, 6) is 1.91. The molecular weight excluding hydrogens is 369 g/mol. The second kappa shape index (κ2) is 9.04. The number of aliphatic hydroxyl groups excluding tert-OH is 1. The first-order valence-corrected chi connectivity index (χ1v) is 7.38. The topological polar surface area (TPSA) is 57.1 Å². The summed E-state index contributed by atoms with van der Waals surface area (Å²) >= 11 is 0. The van der Waals surface area contributed by atoms with Gasteiger partial charge in [-0.05, 0) is 19.3 Å². The van der Waals surface area contributed by atoms with Gasteiger partial charge in [-0.1, -0.05) is 6.42 Å². The van der Waals surface area contributed by atoms with Crippen LogP contribution in [0.15, 0.2) is 4.99 Å². The van der Waals surface area contributed by atoms with E-state index in [0.29, 0.717) is 11.8 Å². The molecule has 1 aliphatic heterocycles. The molecule has 2 aliphatic rings. The Labute approximate surface area is 139 Å². The minimum atomic E-state index is -0.140. The van der Waals surface area contributed by atoms with Gasteiger partial charge in [0.1, 0.15) is 0 Å². The fraction of sp³-hybridized carbons (Fsp3) is 0.929. The molecule has 0 aromatic carbocycles. The Hall–Kier alpha value is -0.0800. The molecule has 2 N–H and O–H groups in total. The predicted molar refractivity (Wildman–Crippen MR) is 91.7 cm³/mol. The maximum atomic E-state index is 9.83. The van der Waals surface area contributed by atoms with Gasteiger partial charge in [0.05, 0.1) is 12.7 Å². The third-order valence-corrected chi connectivity index (χ3v) is 4.27. The van der Waals surface area contributed by atoms with Gasteiger partial charge in [-0.15, -0.1) is 24.0 Å². The van der Waals surface area contributed by atoms with Gasteiger partial charge in [-0.3, -0.25) is 4.99 Å². The molecule has 3 atom stereocenters. The molecule has 20 heavy (non-hydrogen) atoms. The molecule has 2 fully saturated rings. The van der Waals surface area contributed by atoms with Crippen LogP contribution in [0.4, 0.5) is 0 Å². The van der Waals surface area contributed by atoms with Crippen molar-refractivity contribution in [2.75, 3.05) is 40.4 Å². The Morgan fingerprint density at radius 1 is 1.40 bits per heavy atom. The summed E-state index contributed by atoms with van der Waals surface area (Å²) in [5.41, 5.74) is 0. The highest BCUT2D eigenvalue weighted by Gasteiger charge is 2.25. The van der Waals surface area contributed by atoms with Gasteiger partial charge < -0.3 is 20.1 Å². The molecule has 0 radical (unpaired) electrons. The van der Waals surface area contributed by atoms with E-state index in [-0.39, 0.29) is 30.1 Å². The number of nitrogens with zero attached hydrogens (tertiary/aromatic N) is 2. The number of hydrogen-bond acceptors (Lipinski definition) is 3. The molecule has 1 heterocycles. The minimum absolute atomic E-state index is 0. The molecule has 118 valence electrons. The zero-order chi connectivity index (χ0) is 13.7.